The van der Waals surface area contributed by atoms with Crippen molar-refractivity contribution in [1.82, 2.24) is 23.3 Å². The number of aromatic nitrogens is 5. The molecule has 1 N–H and O–H groups in total. The van der Waals surface area contributed by atoms with Crippen LogP contribution < -0.4 is 22.3 Å². The van der Waals surface area contributed by atoms with E-state index >= 15 is 0 Å². The molecule has 184 valence electrons. The first-order valence-corrected chi connectivity index (χ1v) is 10.7. The van der Waals surface area contributed by atoms with Gasteiger partial charge in [0, 0.05) is 32.1 Å². The predicted octanol–water partition coefficient (Wildman–Crippen LogP) is 1.66. The normalized spacial score (nSPS) is 11.9. The lowest BCUT2D eigenvalue weighted by molar-refractivity contribution is -0.140. The fourth-order valence-corrected chi connectivity index (χ4v) is 4.35. The smallest absolute Gasteiger partial charge is 0.300 e. The number of thiazole rings is 1. The van der Waals surface area contributed by atoms with Crippen LogP contribution >= 0.6 is 11.3 Å². The van der Waals surface area contributed by atoms with Crippen LogP contribution in [0.1, 0.15) is 5.56 Å². The monoisotopic (exact) mass is 512 g/mol. The van der Waals surface area contributed by atoms with E-state index in [4.69, 9.17) is 0 Å². The second-order valence-corrected chi connectivity index (χ2v) is 8.44. The number of hydrogen-bond donors (Lipinski definition) is 1. The second kappa shape index (κ2) is 8.33. The fraction of sp³-hybridized carbons (Fsp3) is 0.250. The Morgan fingerprint density at radius 2 is 1.71 bits per heavy atom. The van der Waals surface area contributed by atoms with Crippen LogP contribution in [0.4, 0.5) is 22.7 Å². The zero-order valence-electron chi connectivity index (χ0n) is 18.3. The standard InChI is InChI=1S/C20H16F4N6O4S/c1-27-15-14(16(32)29(3)18(27)33)30(19(34)28(15)2)7-13(31)26-17-25-12(8-35-17)9-4-5-11(21)10(6-9)20(22,23)24/h4-6,8H,7H2,1-3H3,(H,25,26,31). The van der Waals surface area contributed by atoms with Gasteiger partial charge in [0.05, 0.1) is 11.3 Å². The zero-order chi connectivity index (χ0) is 25.8. The average Bonchev–Trinajstić information content (AvgIpc) is 3.34. The van der Waals surface area contributed by atoms with Gasteiger partial charge in [-0.2, -0.15) is 13.2 Å². The number of rotatable bonds is 4. The van der Waals surface area contributed by atoms with Crippen molar-refractivity contribution >= 4 is 33.5 Å². The van der Waals surface area contributed by atoms with E-state index in [-0.39, 0.29) is 27.6 Å². The maximum Gasteiger partial charge on any atom is 0.419 e. The van der Waals surface area contributed by atoms with E-state index in [0.29, 0.717) is 12.1 Å². The van der Waals surface area contributed by atoms with E-state index in [0.717, 1.165) is 35.7 Å². The Morgan fingerprint density at radius 3 is 2.37 bits per heavy atom. The third-order valence-corrected chi connectivity index (χ3v) is 6.09. The van der Waals surface area contributed by atoms with E-state index < -0.39 is 46.9 Å². The average molecular weight is 512 g/mol. The Bertz CT molecular complexity index is 1670. The van der Waals surface area contributed by atoms with Crippen molar-refractivity contribution in [3.63, 3.8) is 0 Å². The van der Waals surface area contributed by atoms with Gasteiger partial charge >= 0.3 is 17.6 Å². The number of carbonyl (C=O) groups excluding carboxylic acids is 1. The molecule has 4 aromatic rings. The van der Waals surface area contributed by atoms with Gasteiger partial charge in [-0.25, -0.2) is 19.0 Å². The highest BCUT2D eigenvalue weighted by Gasteiger charge is 2.34. The molecule has 1 aromatic carbocycles. The number of benzene rings is 1. The number of halogens is 4. The van der Waals surface area contributed by atoms with Crippen molar-refractivity contribution in [3.05, 3.63) is 66.3 Å². The van der Waals surface area contributed by atoms with Gasteiger partial charge in [0.25, 0.3) is 5.56 Å². The lowest BCUT2D eigenvalue weighted by Crippen LogP contribution is -2.38. The minimum absolute atomic E-state index is 0.00911. The molecule has 15 heteroatoms. The summed E-state index contributed by atoms with van der Waals surface area (Å²) in [5.74, 6) is -2.17. The molecule has 0 aliphatic heterocycles. The summed E-state index contributed by atoms with van der Waals surface area (Å²) >= 11 is 0.902. The fourth-order valence-electron chi connectivity index (χ4n) is 3.62. The molecule has 0 atom stereocenters. The van der Waals surface area contributed by atoms with Crippen LogP contribution in [0, 0.1) is 5.82 Å². The first-order valence-electron chi connectivity index (χ1n) is 9.79. The van der Waals surface area contributed by atoms with Crippen LogP contribution in [-0.4, -0.2) is 29.2 Å². The summed E-state index contributed by atoms with van der Waals surface area (Å²) in [5, 5.41) is 3.81. The van der Waals surface area contributed by atoms with Crippen molar-refractivity contribution in [2.24, 2.45) is 21.1 Å². The highest BCUT2D eigenvalue weighted by atomic mass is 32.1. The highest BCUT2D eigenvalue weighted by molar-refractivity contribution is 7.14. The molecule has 3 aromatic heterocycles. The highest BCUT2D eigenvalue weighted by Crippen LogP contribution is 2.35. The largest absolute Gasteiger partial charge is 0.419 e. The molecule has 3 heterocycles. The van der Waals surface area contributed by atoms with E-state index in [9.17, 15) is 36.7 Å². The van der Waals surface area contributed by atoms with Gasteiger partial charge in [0.15, 0.2) is 16.3 Å². The van der Waals surface area contributed by atoms with Crippen LogP contribution in [0.15, 0.2) is 38.0 Å². The minimum atomic E-state index is -4.89. The number of anilines is 1. The summed E-state index contributed by atoms with van der Waals surface area (Å²) in [4.78, 5) is 54.2. The number of carbonyl (C=O) groups is 1. The molecule has 0 spiro atoms. The molecule has 10 nitrogen and oxygen atoms in total. The van der Waals surface area contributed by atoms with E-state index in [1.54, 1.807) is 0 Å². The minimum Gasteiger partial charge on any atom is -0.300 e. The van der Waals surface area contributed by atoms with Crippen molar-refractivity contribution in [3.8, 4) is 11.3 Å². The van der Waals surface area contributed by atoms with Crippen LogP contribution in [0.3, 0.4) is 0 Å². The van der Waals surface area contributed by atoms with Gasteiger partial charge in [0.1, 0.15) is 12.4 Å². The number of imidazole rings is 1. The van der Waals surface area contributed by atoms with Crippen molar-refractivity contribution in [2.75, 3.05) is 5.32 Å². The summed E-state index contributed by atoms with van der Waals surface area (Å²) in [6.07, 6.45) is -4.89. The van der Waals surface area contributed by atoms with E-state index in [1.165, 1.54) is 26.5 Å². The molecule has 1 amide bonds. The molecule has 0 aliphatic rings. The molecular weight excluding hydrogens is 496 g/mol. The van der Waals surface area contributed by atoms with E-state index in [1.807, 2.05) is 0 Å². The number of nitrogens with one attached hydrogen (secondary N) is 1. The number of fused-ring (bicyclic) bond motifs is 1. The molecule has 0 saturated carbocycles. The van der Waals surface area contributed by atoms with Crippen molar-refractivity contribution in [2.45, 2.75) is 12.7 Å². The number of hydrogen-bond acceptors (Lipinski definition) is 6. The van der Waals surface area contributed by atoms with Crippen molar-refractivity contribution < 1.29 is 22.4 Å². The first kappa shape index (κ1) is 24.1. The SMILES string of the molecule is Cn1c(=O)c2c(n(C)c1=O)n(C)c(=O)n2CC(=O)Nc1nc(-c2ccc(F)c(C(F)(F)F)c2)cs1. The molecular formula is C20H16F4N6O4S. The zero-order valence-corrected chi connectivity index (χ0v) is 19.1. The third kappa shape index (κ3) is 4.07. The van der Waals surface area contributed by atoms with Gasteiger partial charge in [-0.3, -0.25) is 27.9 Å². The number of aryl methyl sites for hydroxylation is 2. The molecule has 0 unspecified atom stereocenters. The number of amides is 1. The molecule has 0 aliphatic carbocycles. The summed E-state index contributed by atoms with van der Waals surface area (Å²) in [7, 11) is 3.97. The number of nitrogens with zero attached hydrogens (tertiary/aromatic N) is 5. The third-order valence-electron chi connectivity index (χ3n) is 5.34. The summed E-state index contributed by atoms with van der Waals surface area (Å²) in [6, 6.07) is 2.42. The van der Waals surface area contributed by atoms with Gasteiger partial charge in [-0.15, -0.1) is 11.3 Å². The molecule has 0 saturated heterocycles. The molecule has 0 radical (unpaired) electrons. The predicted molar refractivity (Wildman–Crippen MR) is 119 cm³/mol. The first-order chi connectivity index (χ1) is 16.3. The topological polar surface area (TPSA) is 113 Å². The van der Waals surface area contributed by atoms with Crippen LogP contribution in [0.25, 0.3) is 22.4 Å². The van der Waals surface area contributed by atoms with Gasteiger partial charge < -0.3 is 5.32 Å². The quantitative estimate of drug-likeness (QED) is 0.418. The Hall–Kier alpha value is -4.01. The molecule has 4 rings (SSSR count). The maximum atomic E-state index is 13.5. The lowest BCUT2D eigenvalue weighted by Gasteiger charge is -2.09. The summed E-state index contributed by atoms with van der Waals surface area (Å²) < 4.78 is 56.4. The van der Waals surface area contributed by atoms with Crippen LogP contribution in [0.2, 0.25) is 0 Å². The summed E-state index contributed by atoms with van der Waals surface area (Å²) in [6.45, 7) is -0.590. The van der Waals surface area contributed by atoms with Gasteiger partial charge in [-0.05, 0) is 18.2 Å². The van der Waals surface area contributed by atoms with Gasteiger partial charge in [0.2, 0.25) is 5.91 Å². The Balaban J connectivity index is 1.63. The lowest BCUT2D eigenvalue weighted by atomic mass is 10.1. The maximum absolute atomic E-state index is 13.5. The van der Waals surface area contributed by atoms with Crippen LogP contribution in [0.5, 0.6) is 0 Å². The molecule has 0 fully saturated rings. The molecule has 35 heavy (non-hydrogen) atoms. The molecule has 0 bridgehead atoms. The Labute approximate surface area is 196 Å². The number of alkyl halides is 3. The van der Waals surface area contributed by atoms with Crippen molar-refractivity contribution in [1.29, 1.82) is 0 Å². The Kier molecular flexibility index (Phi) is 5.75. The second-order valence-electron chi connectivity index (χ2n) is 7.58. The van der Waals surface area contributed by atoms with Gasteiger partial charge in [-0.1, -0.05) is 0 Å². The Morgan fingerprint density at radius 1 is 1.06 bits per heavy atom. The summed E-state index contributed by atoms with van der Waals surface area (Å²) in [5.41, 5.74) is -3.62. The van der Waals surface area contributed by atoms with E-state index in [2.05, 4.69) is 10.3 Å². The van der Waals surface area contributed by atoms with Crippen LogP contribution in [-0.2, 0) is 38.7 Å².